The lowest BCUT2D eigenvalue weighted by Crippen LogP contribution is -2.34. The molecular weight excluding hydrogens is 364 g/mol. The van der Waals surface area contributed by atoms with Gasteiger partial charge < -0.3 is 9.42 Å². The standard InChI is InChI=1S/C18H20N6O2S/c1-11(2)15-19-16(26-22-15)13-9-6-10-24(13)18(25)20-17-14(21-23-27-17)12-7-4-3-5-8-12/h3-5,7-8,11,13H,6,9-10H2,1-2H3,(H,20,25)/t13-/m0/s1. The highest BCUT2D eigenvalue weighted by Crippen LogP contribution is 2.34. The molecule has 4 rings (SSSR count). The number of hydrogen-bond donors (Lipinski definition) is 1. The maximum absolute atomic E-state index is 12.9. The number of benzene rings is 1. The van der Waals surface area contributed by atoms with Gasteiger partial charge in [-0.25, -0.2) is 4.79 Å². The van der Waals surface area contributed by atoms with Crippen molar-refractivity contribution in [1.29, 1.82) is 0 Å². The van der Waals surface area contributed by atoms with Crippen molar-refractivity contribution in [2.45, 2.75) is 38.6 Å². The summed E-state index contributed by atoms with van der Waals surface area (Å²) >= 11 is 1.17. The lowest BCUT2D eigenvalue weighted by molar-refractivity contribution is 0.193. The van der Waals surface area contributed by atoms with E-state index in [1.54, 1.807) is 4.90 Å². The van der Waals surface area contributed by atoms with E-state index >= 15 is 0 Å². The van der Waals surface area contributed by atoms with Crippen molar-refractivity contribution >= 4 is 22.6 Å². The molecule has 9 heteroatoms. The zero-order chi connectivity index (χ0) is 18.8. The van der Waals surface area contributed by atoms with Crippen LogP contribution < -0.4 is 5.32 Å². The zero-order valence-electron chi connectivity index (χ0n) is 15.1. The quantitative estimate of drug-likeness (QED) is 0.728. The number of nitrogens with one attached hydrogen (secondary N) is 1. The number of amides is 2. The second-order valence-corrected chi connectivity index (χ2v) is 7.50. The van der Waals surface area contributed by atoms with Crippen LogP contribution in [0.3, 0.4) is 0 Å². The minimum absolute atomic E-state index is 0.183. The first kappa shape index (κ1) is 17.6. The Morgan fingerprint density at radius 2 is 2.15 bits per heavy atom. The van der Waals surface area contributed by atoms with Crippen molar-refractivity contribution in [1.82, 2.24) is 24.6 Å². The van der Waals surface area contributed by atoms with E-state index in [0.29, 0.717) is 29.0 Å². The molecule has 1 atom stereocenters. The molecule has 8 nitrogen and oxygen atoms in total. The molecule has 1 N–H and O–H groups in total. The molecule has 27 heavy (non-hydrogen) atoms. The normalized spacial score (nSPS) is 16.9. The highest BCUT2D eigenvalue weighted by molar-refractivity contribution is 7.10. The van der Waals surface area contributed by atoms with Crippen molar-refractivity contribution < 1.29 is 9.32 Å². The molecule has 0 unspecified atom stereocenters. The van der Waals surface area contributed by atoms with Crippen LogP contribution in [0.2, 0.25) is 0 Å². The lowest BCUT2D eigenvalue weighted by Gasteiger charge is -2.21. The van der Waals surface area contributed by atoms with Crippen molar-refractivity contribution in [3.63, 3.8) is 0 Å². The van der Waals surface area contributed by atoms with E-state index in [-0.39, 0.29) is 18.0 Å². The Morgan fingerprint density at radius 1 is 1.33 bits per heavy atom. The summed E-state index contributed by atoms with van der Waals surface area (Å²) in [7, 11) is 0. The molecular formula is C18H20N6O2S. The molecule has 2 amide bonds. The summed E-state index contributed by atoms with van der Waals surface area (Å²) in [6, 6.07) is 9.27. The van der Waals surface area contributed by atoms with Gasteiger partial charge in [-0.1, -0.05) is 53.8 Å². The van der Waals surface area contributed by atoms with Crippen LogP contribution in [0.4, 0.5) is 9.80 Å². The summed E-state index contributed by atoms with van der Waals surface area (Å²) in [5.41, 5.74) is 1.59. The van der Waals surface area contributed by atoms with E-state index in [1.165, 1.54) is 11.5 Å². The van der Waals surface area contributed by atoms with Gasteiger partial charge >= 0.3 is 6.03 Å². The van der Waals surface area contributed by atoms with Gasteiger partial charge in [0.1, 0.15) is 16.7 Å². The fourth-order valence-corrected chi connectivity index (χ4v) is 3.69. The van der Waals surface area contributed by atoms with E-state index in [4.69, 9.17) is 4.52 Å². The Hall–Kier alpha value is -2.81. The third-order valence-electron chi connectivity index (χ3n) is 4.53. The summed E-state index contributed by atoms with van der Waals surface area (Å²) in [5.74, 6) is 1.34. The topological polar surface area (TPSA) is 97.0 Å². The predicted octanol–water partition coefficient (Wildman–Crippen LogP) is 4.08. The molecule has 3 aromatic rings. The number of rotatable bonds is 4. The van der Waals surface area contributed by atoms with E-state index in [1.807, 2.05) is 44.2 Å². The van der Waals surface area contributed by atoms with Crippen LogP contribution in [0.25, 0.3) is 11.3 Å². The van der Waals surface area contributed by atoms with Gasteiger partial charge in [-0.3, -0.25) is 5.32 Å². The molecule has 1 saturated heterocycles. The van der Waals surface area contributed by atoms with Crippen LogP contribution in [0.5, 0.6) is 0 Å². The molecule has 0 radical (unpaired) electrons. The fourth-order valence-electron chi connectivity index (χ4n) is 3.11. The summed E-state index contributed by atoms with van der Waals surface area (Å²) in [4.78, 5) is 19.1. The largest absolute Gasteiger partial charge is 0.337 e. The number of aromatic nitrogens is 4. The minimum Gasteiger partial charge on any atom is -0.337 e. The molecule has 1 aromatic carbocycles. The summed E-state index contributed by atoms with van der Waals surface area (Å²) in [6.45, 7) is 4.66. The molecule has 2 aromatic heterocycles. The second kappa shape index (κ2) is 7.43. The highest BCUT2D eigenvalue weighted by atomic mass is 32.1. The Bertz CT molecular complexity index is 923. The monoisotopic (exact) mass is 384 g/mol. The predicted molar refractivity (Wildman–Crippen MR) is 101 cm³/mol. The molecule has 3 heterocycles. The van der Waals surface area contributed by atoms with E-state index in [9.17, 15) is 4.79 Å². The molecule has 140 valence electrons. The summed E-state index contributed by atoms with van der Waals surface area (Å²) < 4.78 is 9.41. The van der Waals surface area contributed by atoms with Crippen LogP contribution in [0.15, 0.2) is 34.9 Å². The van der Waals surface area contributed by atoms with Crippen LogP contribution in [0.1, 0.15) is 50.4 Å². The average molecular weight is 384 g/mol. The van der Waals surface area contributed by atoms with E-state index in [2.05, 4.69) is 25.0 Å². The molecule has 0 bridgehead atoms. The lowest BCUT2D eigenvalue weighted by atomic mass is 10.2. The van der Waals surface area contributed by atoms with Crippen molar-refractivity contribution in [2.24, 2.45) is 0 Å². The van der Waals surface area contributed by atoms with E-state index < -0.39 is 0 Å². The van der Waals surface area contributed by atoms with Gasteiger partial charge in [-0.15, -0.1) is 5.10 Å². The maximum atomic E-state index is 12.9. The SMILES string of the molecule is CC(C)c1noc([C@@H]2CCCN2C(=O)Nc2snnc2-c2ccccc2)n1. The molecule has 0 aliphatic carbocycles. The van der Waals surface area contributed by atoms with Gasteiger partial charge in [0.15, 0.2) is 5.82 Å². The summed E-state index contributed by atoms with van der Waals surface area (Å²) in [6.07, 6.45) is 1.70. The second-order valence-electron chi connectivity index (χ2n) is 6.74. The van der Waals surface area contributed by atoms with Crippen LogP contribution in [-0.4, -0.2) is 37.2 Å². The van der Waals surface area contributed by atoms with Crippen molar-refractivity contribution in [2.75, 3.05) is 11.9 Å². The third-order valence-corrected chi connectivity index (χ3v) is 5.17. The average Bonchev–Trinajstić information content (AvgIpc) is 3.41. The zero-order valence-corrected chi connectivity index (χ0v) is 15.9. The van der Waals surface area contributed by atoms with Crippen LogP contribution in [-0.2, 0) is 0 Å². The highest BCUT2D eigenvalue weighted by Gasteiger charge is 2.35. The number of nitrogens with zero attached hydrogens (tertiary/aromatic N) is 5. The molecule has 1 aliphatic rings. The van der Waals surface area contributed by atoms with Gasteiger partial charge in [0, 0.05) is 29.6 Å². The Balaban J connectivity index is 1.52. The Morgan fingerprint density at radius 3 is 2.89 bits per heavy atom. The van der Waals surface area contributed by atoms with E-state index in [0.717, 1.165) is 18.4 Å². The Labute approximate surface area is 160 Å². The van der Waals surface area contributed by atoms with Crippen molar-refractivity contribution in [3.05, 3.63) is 42.0 Å². The van der Waals surface area contributed by atoms with Gasteiger partial charge in [-0.05, 0) is 12.8 Å². The van der Waals surface area contributed by atoms with Gasteiger partial charge in [-0.2, -0.15) is 4.98 Å². The summed E-state index contributed by atoms with van der Waals surface area (Å²) in [5, 5.41) is 11.8. The van der Waals surface area contributed by atoms with Gasteiger partial charge in [0.05, 0.1) is 0 Å². The molecule has 1 fully saturated rings. The molecule has 0 saturated carbocycles. The van der Waals surface area contributed by atoms with Crippen LogP contribution in [0, 0.1) is 0 Å². The van der Waals surface area contributed by atoms with Crippen molar-refractivity contribution in [3.8, 4) is 11.3 Å². The number of carbonyl (C=O) groups is 1. The molecule has 0 spiro atoms. The maximum Gasteiger partial charge on any atom is 0.323 e. The first-order valence-corrected chi connectivity index (χ1v) is 9.69. The number of hydrogen-bond acceptors (Lipinski definition) is 7. The first-order chi connectivity index (χ1) is 13.1. The number of likely N-dealkylation sites (tertiary alicyclic amines) is 1. The minimum atomic E-state index is -0.204. The van der Waals surface area contributed by atoms with Gasteiger partial charge in [0.25, 0.3) is 0 Å². The van der Waals surface area contributed by atoms with Gasteiger partial charge in [0.2, 0.25) is 5.89 Å². The first-order valence-electron chi connectivity index (χ1n) is 8.92. The Kier molecular flexibility index (Phi) is 4.85. The number of anilines is 1. The smallest absolute Gasteiger partial charge is 0.323 e. The number of carbonyl (C=O) groups excluding carboxylic acids is 1. The fraction of sp³-hybridized carbons (Fsp3) is 0.389. The number of urea groups is 1. The van der Waals surface area contributed by atoms with Crippen LogP contribution >= 0.6 is 11.5 Å². The third kappa shape index (κ3) is 3.55. The molecule has 1 aliphatic heterocycles.